The van der Waals surface area contributed by atoms with E-state index in [1.807, 2.05) is 30.3 Å². The highest BCUT2D eigenvalue weighted by Gasteiger charge is 2.33. The third kappa shape index (κ3) is 7.87. The molecule has 220 valence electrons. The number of hydrogen-bond acceptors (Lipinski definition) is 9. The zero-order chi connectivity index (χ0) is 30.5. The van der Waals surface area contributed by atoms with Crippen molar-refractivity contribution in [3.05, 3.63) is 78.6 Å². The van der Waals surface area contributed by atoms with E-state index in [2.05, 4.69) is 9.97 Å². The van der Waals surface area contributed by atoms with Gasteiger partial charge in [-0.15, -0.1) is 0 Å². The van der Waals surface area contributed by atoms with Crippen LogP contribution in [0, 0.1) is 0 Å². The molecule has 0 saturated carbocycles. The highest BCUT2D eigenvalue weighted by Crippen LogP contribution is 2.37. The Bertz CT molecular complexity index is 1520. The second kappa shape index (κ2) is 12.3. The van der Waals surface area contributed by atoms with E-state index < -0.39 is 23.4 Å². The quantitative estimate of drug-likeness (QED) is 0.220. The summed E-state index contributed by atoms with van der Waals surface area (Å²) in [4.78, 5) is 35.4. The molecule has 0 aliphatic carbocycles. The third-order valence-corrected chi connectivity index (χ3v) is 5.55. The van der Waals surface area contributed by atoms with Crippen molar-refractivity contribution in [2.45, 2.75) is 59.4 Å². The third-order valence-electron chi connectivity index (χ3n) is 5.55. The van der Waals surface area contributed by atoms with Gasteiger partial charge in [-0.05, 0) is 71.4 Å². The Morgan fingerprint density at radius 3 is 2.02 bits per heavy atom. The van der Waals surface area contributed by atoms with Crippen molar-refractivity contribution in [2.75, 3.05) is 12.0 Å². The van der Waals surface area contributed by atoms with E-state index in [0.717, 1.165) is 10.5 Å². The number of amides is 2. The molecule has 2 amide bonds. The second-order valence-electron chi connectivity index (χ2n) is 11.4. The predicted octanol–water partition coefficient (Wildman–Crippen LogP) is 7.69. The maximum Gasteiger partial charge on any atom is 0.425 e. The first-order valence-electron chi connectivity index (χ1n) is 13.4. The SMILES string of the molecule is COc1cc2c(Oc3ccc(N(C(=O)OC(C)(C)C)C(=O)OC(C)(C)C)nc3)ccnc2cc1OCc1ccccc1. The largest absolute Gasteiger partial charge is 0.493 e. The maximum absolute atomic E-state index is 12.9. The second-order valence-corrected chi connectivity index (χ2v) is 11.4. The number of aromatic nitrogens is 2. The van der Waals surface area contributed by atoms with Crippen LogP contribution in [0.3, 0.4) is 0 Å². The lowest BCUT2D eigenvalue weighted by Gasteiger charge is -2.28. The van der Waals surface area contributed by atoms with Gasteiger partial charge in [0.1, 0.15) is 35.1 Å². The first-order valence-corrected chi connectivity index (χ1v) is 13.4. The molecule has 10 heteroatoms. The molecule has 0 saturated heterocycles. The van der Waals surface area contributed by atoms with Gasteiger partial charge in [0.25, 0.3) is 0 Å². The van der Waals surface area contributed by atoms with Gasteiger partial charge in [0, 0.05) is 17.6 Å². The number of hydrogen-bond donors (Lipinski definition) is 0. The van der Waals surface area contributed by atoms with Gasteiger partial charge in [0.05, 0.1) is 18.8 Å². The van der Waals surface area contributed by atoms with Crippen LogP contribution in [0.1, 0.15) is 47.1 Å². The van der Waals surface area contributed by atoms with E-state index in [0.29, 0.717) is 40.5 Å². The molecule has 4 rings (SSSR count). The zero-order valence-electron chi connectivity index (χ0n) is 24.8. The number of methoxy groups -OCH3 is 1. The van der Waals surface area contributed by atoms with E-state index in [-0.39, 0.29) is 5.82 Å². The number of benzene rings is 2. The van der Waals surface area contributed by atoms with Crippen molar-refractivity contribution >= 4 is 28.9 Å². The normalized spacial score (nSPS) is 11.5. The molecule has 2 aromatic carbocycles. The minimum Gasteiger partial charge on any atom is -0.493 e. The van der Waals surface area contributed by atoms with Crippen LogP contribution in [-0.4, -0.2) is 40.5 Å². The number of carbonyl (C=O) groups excluding carboxylic acids is 2. The number of nitrogens with zero attached hydrogens (tertiary/aromatic N) is 3. The number of ether oxygens (including phenoxy) is 5. The fraction of sp³-hybridized carbons (Fsp3) is 0.312. The summed E-state index contributed by atoms with van der Waals surface area (Å²) >= 11 is 0. The molecule has 2 aromatic heterocycles. The molecule has 10 nitrogen and oxygen atoms in total. The Morgan fingerprint density at radius 2 is 1.45 bits per heavy atom. The summed E-state index contributed by atoms with van der Waals surface area (Å²) in [6.07, 6.45) is 1.21. The number of anilines is 1. The summed E-state index contributed by atoms with van der Waals surface area (Å²) in [5.74, 6) is 1.96. The Hall–Kier alpha value is -4.86. The van der Waals surface area contributed by atoms with Crippen molar-refractivity contribution in [1.29, 1.82) is 0 Å². The summed E-state index contributed by atoms with van der Waals surface area (Å²) in [5, 5.41) is 0.689. The molecular weight excluding hydrogens is 538 g/mol. The van der Waals surface area contributed by atoms with Crippen LogP contribution in [0.25, 0.3) is 10.9 Å². The van der Waals surface area contributed by atoms with E-state index in [9.17, 15) is 9.59 Å². The topological polar surface area (TPSA) is 109 Å². The first-order chi connectivity index (χ1) is 19.8. The van der Waals surface area contributed by atoms with E-state index in [1.165, 1.54) is 12.3 Å². The van der Waals surface area contributed by atoms with Gasteiger partial charge in [0.15, 0.2) is 11.5 Å². The van der Waals surface area contributed by atoms with Gasteiger partial charge < -0.3 is 23.7 Å². The van der Waals surface area contributed by atoms with Gasteiger partial charge in [-0.3, -0.25) is 4.98 Å². The van der Waals surface area contributed by atoms with Crippen molar-refractivity contribution < 1.29 is 33.3 Å². The van der Waals surface area contributed by atoms with Gasteiger partial charge in [-0.1, -0.05) is 30.3 Å². The van der Waals surface area contributed by atoms with Crippen molar-refractivity contribution in [2.24, 2.45) is 0 Å². The highest BCUT2D eigenvalue weighted by atomic mass is 16.6. The summed E-state index contributed by atoms with van der Waals surface area (Å²) in [5.41, 5.74) is -0.00778. The van der Waals surface area contributed by atoms with Crippen LogP contribution in [0.15, 0.2) is 73.1 Å². The van der Waals surface area contributed by atoms with Crippen molar-refractivity contribution in [1.82, 2.24) is 9.97 Å². The molecule has 0 unspecified atom stereocenters. The summed E-state index contributed by atoms with van der Waals surface area (Å²) in [7, 11) is 1.57. The molecule has 0 bridgehead atoms. The average Bonchev–Trinajstić information content (AvgIpc) is 2.91. The molecule has 0 radical (unpaired) electrons. The number of carbonyl (C=O) groups is 2. The van der Waals surface area contributed by atoms with E-state index >= 15 is 0 Å². The molecule has 0 fully saturated rings. The van der Waals surface area contributed by atoms with Crippen LogP contribution >= 0.6 is 0 Å². The van der Waals surface area contributed by atoms with Crippen molar-refractivity contribution in [3.8, 4) is 23.0 Å². The monoisotopic (exact) mass is 573 g/mol. The Balaban J connectivity index is 1.58. The Labute approximate surface area is 245 Å². The standard InChI is InChI=1S/C32H35N3O7/c1-31(2,3)41-29(36)35(30(37)42-32(4,5)6)28-14-13-22(19-34-28)40-25-15-16-33-24-18-27(26(38-7)17-23(24)25)39-20-21-11-9-8-10-12-21/h8-19H,20H2,1-7H3. The fourth-order valence-corrected chi connectivity index (χ4v) is 3.79. The van der Waals surface area contributed by atoms with Crippen LogP contribution in [-0.2, 0) is 16.1 Å². The molecule has 4 aromatic rings. The summed E-state index contributed by atoms with van der Waals surface area (Å²) < 4.78 is 28.6. The molecule has 0 spiro atoms. The van der Waals surface area contributed by atoms with E-state index in [4.69, 9.17) is 23.7 Å². The maximum atomic E-state index is 12.9. The van der Waals surface area contributed by atoms with Crippen molar-refractivity contribution in [3.63, 3.8) is 0 Å². The lowest BCUT2D eigenvalue weighted by Crippen LogP contribution is -2.44. The zero-order valence-corrected chi connectivity index (χ0v) is 24.8. The number of fused-ring (bicyclic) bond motifs is 1. The van der Waals surface area contributed by atoms with Crippen LogP contribution in [0.4, 0.5) is 15.4 Å². The van der Waals surface area contributed by atoms with Gasteiger partial charge in [-0.2, -0.15) is 4.90 Å². The smallest absolute Gasteiger partial charge is 0.425 e. The van der Waals surface area contributed by atoms with E-state index in [1.54, 1.807) is 79.1 Å². The average molecular weight is 574 g/mol. The Kier molecular flexibility index (Phi) is 8.84. The number of imide groups is 1. The summed E-state index contributed by atoms with van der Waals surface area (Å²) in [6.45, 7) is 10.6. The highest BCUT2D eigenvalue weighted by molar-refractivity contribution is 6.08. The van der Waals surface area contributed by atoms with Gasteiger partial charge >= 0.3 is 12.2 Å². The van der Waals surface area contributed by atoms with Crippen LogP contribution in [0.2, 0.25) is 0 Å². The lowest BCUT2D eigenvalue weighted by atomic mass is 10.1. The molecular formula is C32H35N3O7. The molecule has 0 atom stereocenters. The summed E-state index contributed by atoms with van der Waals surface area (Å²) in [6, 6.07) is 18.2. The van der Waals surface area contributed by atoms with Crippen LogP contribution < -0.4 is 19.1 Å². The molecule has 0 N–H and O–H groups in total. The molecule has 42 heavy (non-hydrogen) atoms. The lowest BCUT2D eigenvalue weighted by molar-refractivity contribution is 0.0429. The number of pyridine rings is 2. The van der Waals surface area contributed by atoms with Gasteiger partial charge in [0.2, 0.25) is 0 Å². The fourth-order valence-electron chi connectivity index (χ4n) is 3.79. The van der Waals surface area contributed by atoms with Gasteiger partial charge in [-0.25, -0.2) is 14.6 Å². The molecule has 2 heterocycles. The minimum atomic E-state index is -0.907. The minimum absolute atomic E-state index is 0.0207. The predicted molar refractivity (Wildman–Crippen MR) is 158 cm³/mol. The van der Waals surface area contributed by atoms with Crippen LogP contribution in [0.5, 0.6) is 23.0 Å². The molecule has 0 aliphatic heterocycles. The first kappa shape index (κ1) is 30.1. The Morgan fingerprint density at radius 1 is 0.786 bits per heavy atom. The number of rotatable bonds is 7. The molecule has 0 aliphatic rings.